The number of carbonyl (C=O) groups excluding carboxylic acids is 1. The van der Waals surface area contributed by atoms with Gasteiger partial charge >= 0.3 is 5.97 Å². The van der Waals surface area contributed by atoms with Gasteiger partial charge in [0.2, 0.25) is 0 Å². The first-order chi connectivity index (χ1) is 6.79. The van der Waals surface area contributed by atoms with Crippen LogP contribution in [0.2, 0.25) is 0 Å². The Labute approximate surface area is 82.8 Å². The molecule has 0 bridgehead atoms. The number of esters is 1. The average Bonchev–Trinajstić information content (AvgIpc) is 2.63. The van der Waals surface area contributed by atoms with Gasteiger partial charge in [0.25, 0.3) is 0 Å². The summed E-state index contributed by atoms with van der Waals surface area (Å²) < 4.78 is 14.6. The van der Waals surface area contributed by atoms with Gasteiger partial charge in [0.05, 0.1) is 20.0 Å². The van der Waals surface area contributed by atoms with Crippen LogP contribution < -0.4 is 0 Å². The standard InChI is InChI=1S/C10H13O4/c1-3-5-14-10(11)8-4-6-13-9(8)7-12-2/h4,6H,2-3,5,7H2,1H3. The van der Waals surface area contributed by atoms with E-state index in [1.165, 1.54) is 6.26 Å². The van der Waals surface area contributed by atoms with E-state index >= 15 is 0 Å². The van der Waals surface area contributed by atoms with Crippen molar-refractivity contribution in [3.8, 4) is 0 Å². The van der Waals surface area contributed by atoms with Crippen LogP contribution in [0.1, 0.15) is 29.5 Å². The molecule has 0 saturated carbocycles. The van der Waals surface area contributed by atoms with E-state index in [1.807, 2.05) is 6.92 Å². The molecule has 1 aromatic heterocycles. The molecular weight excluding hydrogens is 184 g/mol. The number of hydrogen-bond acceptors (Lipinski definition) is 4. The summed E-state index contributed by atoms with van der Waals surface area (Å²) in [6, 6.07) is 1.56. The highest BCUT2D eigenvalue weighted by Gasteiger charge is 2.15. The second-order valence-electron chi connectivity index (χ2n) is 2.74. The van der Waals surface area contributed by atoms with E-state index in [1.54, 1.807) is 6.07 Å². The fraction of sp³-hybridized carbons (Fsp3) is 0.400. The summed E-state index contributed by atoms with van der Waals surface area (Å²) in [7, 11) is 3.21. The third-order valence-electron chi connectivity index (χ3n) is 1.64. The summed E-state index contributed by atoms with van der Waals surface area (Å²) in [5, 5.41) is 0. The summed E-state index contributed by atoms with van der Waals surface area (Å²) in [6.07, 6.45) is 2.22. The largest absolute Gasteiger partial charge is 0.466 e. The Morgan fingerprint density at radius 3 is 3.07 bits per heavy atom. The van der Waals surface area contributed by atoms with Crippen molar-refractivity contribution in [3.05, 3.63) is 30.8 Å². The quantitative estimate of drug-likeness (QED) is 0.678. The van der Waals surface area contributed by atoms with Crippen molar-refractivity contribution in [2.24, 2.45) is 0 Å². The first-order valence-corrected chi connectivity index (χ1v) is 4.40. The van der Waals surface area contributed by atoms with E-state index < -0.39 is 0 Å². The molecule has 0 saturated heterocycles. The molecule has 0 aliphatic rings. The van der Waals surface area contributed by atoms with Crippen LogP contribution in [0.25, 0.3) is 0 Å². The van der Waals surface area contributed by atoms with Gasteiger partial charge in [-0.2, -0.15) is 0 Å². The summed E-state index contributed by atoms with van der Waals surface area (Å²) in [5.74, 6) is 0.0637. The summed E-state index contributed by atoms with van der Waals surface area (Å²) in [6.45, 7) is 2.51. The predicted octanol–water partition coefficient (Wildman–Crippen LogP) is 2.15. The van der Waals surface area contributed by atoms with Gasteiger partial charge in [-0.3, -0.25) is 0 Å². The van der Waals surface area contributed by atoms with E-state index in [2.05, 4.69) is 11.8 Å². The predicted molar refractivity (Wildman–Crippen MR) is 49.4 cm³/mol. The molecular formula is C10H13O4. The van der Waals surface area contributed by atoms with Gasteiger partial charge in [-0.25, -0.2) is 4.79 Å². The molecule has 0 aliphatic heterocycles. The molecule has 1 heterocycles. The fourth-order valence-electron chi connectivity index (χ4n) is 0.999. The number of furan rings is 1. The maximum absolute atomic E-state index is 11.4. The lowest BCUT2D eigenvalue weighted by atomic mass is 10.2. The first kappa shape index (κ1) is 10.8. The van der Waals surface area contributed by atoms with Gasteiger partial charge in [-0.15, -0.1) is 0 Å². The maximum Gasteiger partial charge on any atom is 0.341 e. The average molecular weight is 197 g/mol. The van der Waals surface area contributed by atoms with Gasteiger partial charge in [0.15, 0.2) is 0 Å². The minimum Gasteiger partial charge on any atom is -0.466 e. The number of hydrogen-bond donors (Lipinski definition) is 0. The number of ether oxygens (including phenoxy) is 2. The summed E-state index contributed by atoms with van der Waals surface area (Å²) in [4.78, 5) is 11.4. The van der Waals surface area contributed by atoms with Crippen molar-refractivity contribution in [2.45, 2.75) is 20.0 Å². The lowest BCUT2D eigenvalue weighted by Crippen LogP contribution is -2.07. The van der Waals surface area contributed by atoms with Crippen molar-refractivity contribution in [1.29, 1.82) is 0 Å². The van der Waals surface area contributed by atoms with E-state index in [0.29, 0.717) is 17.9 Å². The third kappa shape index (κ3) is 2.60. The second-order valence-corrected chi connectivity index (χ2v) is 2.74. The molecule has 0 aromatic carbocycles. The fourth-order valence-corrected chi connectivity index (χ4v) is 0.999. The van der Waals surface area contributed by atoms with Gasteiger partial charge in [-0.1, -0.05) is 6.92 Å². The minimum atomic E-state index is -0.382. The molecule has 1 aromatic rings. The lowest BCUT2D eigenvalue weighted by molar-refractivity contribution is 0.0498. The van der Waals surface area contributed by atoms with Gasteiger partial charge < -0.3 is 13.9 Å². The lowest BCUT2D eigenvalue weighted by Gasteiger charge is -2.02. The highest BCUT2D eigenvalue weighted by atomic mass is 16.5. The zero-order valence-corrected chi connectivity index (χ0v) is 8.12. The molecule has 0 amide bonds. The van der Waals surface area contributed by atoms with Gasteiger partial charge in [-0.05, 0) is 12.5 Å². The highest BCUT2D eigenvalue weighted by Crippen LogP contribution is 2.13. The van der Waals surface area contributed by atoms with Crippen LogP contribution in [0.3, 0.4) is 0 Å². The van der Waals surface area contributed by atoms with Crippen LogP contribution in [-0.2, 0) is 16.1 Å². The van der Waals surface area contributed by atoms with Crippen LogP contribution in [-0.4, -0.2) is 12.6 Å². The Kier molecular flexibility index (Phi) is 4.19. The monoisotopic (exact) mass is 197 g/mol. The molecule has 1 radical (unpaired) electrons. The zero-order chi connectivity index (χ0) is 10.4. The Morgan fingerprint density at radius 2 is 2.43 bits per heavy atom. The van der Waals surface area contributed by atoms with Crippen molar-refractivity contribution in [1.82, 2.24) is 0 Å². The number of carbonyl (C=O) groups is 1. The van der Waals surface area contributed by atoms with Crippen molar-refractivity contribution in [2.75, 3.05) is 6.61 Å². The third-order valence-corrected chi connectivity index (χ3v) is 1.64. The van der Waals surface area contributed by atoms with Crippen molar-refractivity contribution >= 4 is 5.97 Å². The normalized spacial score (nSPS) is 10.1. The Morgan fingerprint density at radius 1 is 1.64 bits per heavy atom. The topological polar surface area (TPSA) is 48.7 Å². The maximum atomic E-state index is 11.4. The molecule has 0 spiro atoms. The summed E-state index contributed by atoms with van der Waals surface area (Å²) in [5.41, 5.74) is 0.405. The summed E-state index contributed by atoms with van der Waals surface area (Å²) >= 11 is 0. The van der Waals surface area contributed by atoms with Crippen LogP contribution in [0.5, 0.6) is 0 Å². The van der Waals surface area contributed by atoms with Crippen molar-refractivity contribution < 1.29 is 18.7 Å². The second kappa shape index (κ2) is 5.44. The highest BCUT2D eigenvalue weighted by molar-refractivity contribution is 5.90. The van der Waals surface area contributed by atoms with Gasteiger partial charge in [0, 0.05) is 0 Å². The van der Waals surface area contributed by atoms with Crippen LogP contribution >= 0.6 is 0 Å². The van der Waals surface area contributed by atoms with Crippen LogP contribution in [0.15, 0.2) is 16.7 Å². The number of rotatable bonds is 5. The van der Waals surface area contributed by atoms with E-state index in [-0.39, 0.29) is 12.6 Å². The molecule has 77 valence electrons. The van der Waals surface area contributed by atoms with Crippen LogP contribution in [0.4, 0.5) is 0 Å². The molecule has 0 aliphatic carbocycles. The minimum absolute atomic E-state index is 0.170. The Hall–Kier alpha value is -1.29. The van der Waals surface area contributed by atoms with Gasteiger partial charge in [0.1, 0.15) is 17.9 Å². The van der Waals surface area contributed by atoms with Crippen molar-refractivity contribution in [3.63, 3.8) is 0 Å². The van der Waals surface area contributed by atoms with E-state index in [4.69, 9.17) is 9.15 Å². The van der Waals surface area contributed by atoms with E-state index in [0.717, 1.165) is 6.42 Å². The molecule has 0 unspecified atom stereocenters. The van der Waals surface area contributed by atoms with E-state index in [9.17, 15) is 4.79 Å². The first-order valence-electron chi connectivity index (χ1n) is 4.40. The Balaban J connectivity index is 2.63. The smallest absolute Gasteiger partial charge is 0.341 e. The molecule has 0 atom stereocenters. The Bertz CT molecular complexity index is 290. The molecule has 0 N–H and O–H groups in total. The molecule has 14 heavy (non-hydrogen) atoms. The molecule has 1 rings (SSSR count). The molecule has 0 fully saturated rings. The zero-order valence-electron chi connectivity index (χ0n) is 8.12. The van der Waals surface area contributed by atoms with Crippen LogP contribution in [0, 0.1) is 7.11 Å². The molecule has 4 nitrogen and oxygen atoms in total. The SMILES string of the molecule is [CH2]OCc1occc1C(=O)OCCC. The molecule has 4 heteroatoms.